The van der Waals surface area contributed by atoms with Crippen LogP contribution in [0, 0.1) is 20.8 Å². The Balaban J connectivity index is 1.64. The summed E-state index contributed by atoms with van der Waals surface area (Å²) in [6.45, 7) is 5.60. The summed E-state index contributed by atoms with van der Waals surface area (Å²) in [5.74, 6) is -0.916. The molecule has 0 fully saturated rings. The van der Waals surface area contributed by atoms with E-state index in [2.05, 4.69) is 26.2 Å². The topological polar surface area (TPSA) is 71.2 Å². The molecule has 0 atom stereocenters. The molecule has 0 saturated carbocycles. The molecule has 1 heterocycles. The van der Waals surface area contributed by atoms with Gasteiger partial charge in [-0.05, 0) is 78.2 Å². The largest absolute Gasteiger partial charge is 0.452 e. The molecule has 1 amide bonds. The molecule has 134 valence electrons. The predicted molar refractivity (Wildman–Crippen MR) is 106 cm³/mol. The smallest absolute Gasteiger partial charge is 0.338 e. The summed E-state index contributed by atoms with van der Waals surface area (Å²) in [5, 5.41) is 3.70. The van der Waals surface area contributed by atoms with Gasteiger partial charge in [-0.2, -0.15) is 0 Å². The minimum Gasteiger partial charge on any atom is -0.452 e. The third-order valence-electron chi connectivity index (χ3n) is 4.28. The van der Waals surface area contributed by atoms with Gasteiger partial charge in [-0.25, -0.2) is 4.79 Å². The summed E-state index contributed by atoms with van der Waals surface area (Å²) >= 11 is 3.40. The maximum absolute atomic E-state index is 12.3. The molecular weight excluding hydrogens is 396 g/mol. The Morgan fingerprint density at radius 2 is 1.88 bits per heavy atom. The fraction of sp³-hybridized carbons (Fsp3) is 0.200. The highest BCUT2D eigenvalue weighted by molar-refractivity contribution is 9.10. The molecular formula is C20H19BrN2O3. The minimum absolute atomic E-state index is 0.345. The lowest BCUT2D eigenvalue weighted by Crippen LogP contribution is -2.21. The second-order valence-electron chi connectivity index (χ2n) is 6.24. The molecule has 0 aliphatic heterocycles. The summed E-state index contributed by atoms with van der Waals surface area (Å²) in [6.07, 6.45) is 0. The summed E-state index contributed by atoms with van der Waals surface area (Å²) < 4.78 is 5.92. The zero-order valence-corrected chi connectivity index (χ0v) is 16.4. The summed E-state index contributed by atoms with van der Waals surface area (Å²) in [4.78, 5) is 27.6. The van der Waals surface area contributed by atoms with Gasteiger partial charge in [0.25, 0.3) is 5.91 Å². The molecule has 0 spiro atoms. The van der Waals surface area contributed by atoms with Gasteiger partial charge in [-0.3, -0.25) is 4.79 Å². The normalized spacial score (nSPS) is 10.8. The number of hydrogen-bond donors (Lipinski definition) is 2. The van der Waals surface area contributed by atoms with E-state index in [-0.39, 0.29) is 6.61 Å². The van der Waals surface area contributed by atoms with Gasteiger partial charge in [0.15, 0.2) is 6.61 Å². The number of nitrogens with one attached hydrogen (secondary N) is 2. The molecule has 2 aromatic carbocycles. The first kappa shape index (κ1) is 18.2. The number of aromatic amines is 1. The molecule has 6 heteroatoms. The van der Waals surface area contributed by atoms with Gasteiger partial charge in [-0.15, -0.1) is 0 Å². The molecule has 0 bridgehead atoms. The van der Waals surface area contributed by atoms with E-state index in [0.717, 1.165) is 32.2 Å². The van der Waals surface area contributed by atoms with Crippen LogP contribution in [0.5, 0.6) is 0 Å². The number of halogens is 1. The van der Waals surface area contributed by atoms with Gasteiger partial charge in [0.1, 0.15) is 0 Å². The van der Waals surface area contributed by atoms with Crippen molar-refractivity contribution in [1.29, 1.82) is 0 Å². The quantitative estimate of drug-likeness (QED) is 0.610. The molecule has 0 saturated heterocycles. The maximum Gasteiger partial charge on any atom is 0.338 e. The molecule has 1 aromatic heterocycles. The lowest BCUT2D eigenvalue weighted by molar-refractivity contribution is -0.119. The number of esters is 1. The Morgan fingerprint density at radius 1 is 1.12 bits per heavy atom. The molecule has 3 rings (SSSR count). The number of aryl methyl sites for hydroxylation is 3. The molecule has 0 aliphatic rings. The van der Waals surface area contributed by atoms with E-state index in [4.69, 9.17) is 4.74 Å². The van der Waals surface area contributed by atoms with Gasteiger partial charge >= 0.3 is 5.97 Å². The number of ether oxygens (including phenoxy) is 1. The number of fused-ring (bicyclic) bond motifs is 1. The van der Waals surface area contributed by atoms with Crippen molar-refractivity contribution in [2.45, 2.75) is 20.8 Å². The van der Waals surface area contributed by atoms with E-state index in [0.29, 0.717) is 11.3 Å². The lowest BCUT2D eigenvalue weighted by Gasteiger charge is -2.09. The van der Waals surface area contributed by atoms with E-state index in [9.17, 15) is 9.59 Å². The Bertz CT molecular complexity index is 1010. The molecule has 3 aromatic rings. The number of amides is 1. The van der Waals surface area contributed by atoms with Crippen LogP contribution < -0.4 is 5.32 Å². The first-order chi connectivity index (χ1) is 12.3. The van der Waals surface area contributed by atoms with E-state index < -0.39 is 11.9 Å². The second-order valence-corrected chi connectivity index (χ2v) is 7.10. The Hall–Kier alpha value is -2.60. The fourth-order valence-corrected chi connectivity index (χ4v) is 3.30. The number of anilines is 1. The Kier molecular flexibility index (Phi) is 5.13. The number of hydrogen-bond acceptors (Lipinski definition) is 3. The second kappa shape index (κ2) is 7.33. The van der Waals surface area contributed by atoms with Crippen LogP contribution in [0.15, 0.2) is 40.9 Å². The molecule has 0 aliphatic carbocycles. The number of aromatic nitrogens is 1. The predicted octanol–water partition coefficient (Wildman–Crippen LogP) is 4.65. The monoisotopic (exact) mass is 414 g/mol. The van der Waals surface area contributed by atoms with Crippen molar-refractivity contribution < 1.29 is 14.3 Å². The Labute approximate surface area is 159 Å². The van der Waals surface area contributed by atoms with E-state index in [1.807, 2.05) is 39.0 Å². The third-order valence-corrected chi connectivity index (χ3v) is 4.93. The van der Waals surface area contributed by atoms with Gasteiger partial charge in [0.05, 0.1) is 11.3 Å². The SMILES string of the molecule is Cc1ccc(NC(=O)COC(=O)c2ccc3[nH]c(C)c(C)c3c2)c(Br)c1. The first-order valence-electron chi connectivity index (χ1n) is 8.17. The van der Waals surface area contributed by atoms with Crippen molar-refractivity contribution in [1.82, 2.24) is 4.98 Å². The van der Waals surface area contributed by atoms with Crippen LogP contribution in [0.1, 0.15) is 27.2 Å². The third kappa shape index (κ3) is 3.80. The van der Waals surface area contributed by atoms with Crippen molar-refractivity contribution >= 4 is 44.4 Å². The highest BCUT2D eigenvalue weighted by Crippen LogP contribution is 2.24. The fourth-order valence-electron chi connectivity index (χ4n) is 2.71. The summed E-state index contributed by atoms with van der Waals surface area (Å²) in [7, 11) is 0. The van der Waals surface area contributed by atoms with Crippen molar-refractivity contribution in [3.8, 4) is 0 Å². The van der Waals surface area contributed by atoms with Crippen LogP contribution in [0.3, 0.4) is 0 Å². The maximum atomic E-state index is 12.3. The minimum atomic E-state index is -0.525. The van der Waals surface area contributed by atoms with Gasteiger partial charge < -0.3 is 15.0 Å². The zero-order chi connectivity index (χ0) is 18.8. The van der Waals surface area contributed by atoms with Crippen molar-refractivity contribution in [2.24, 2.45) is 0 Å². The average molecular weight is 415 g/mol. The molecule has 5 nitrogen and oxygen atoms in total. The van der Waals surface area contributed by atoms with Crippen LogP contribution in [0.25, 0.3) is 10.9 Å². The van der Waals surface area contributed by atoms with Gasteiger partial charge in [-0.1, -0.05) is 6.07 Å². The van der Waals surface area contributed by atoms with E-state index in [1.54, 1.807) is 18.2 Å². The van der Waals surface area contributed by atoms with Crippen molar-refractivity contribution in [3.63, 3.8) is 0 Å². The molecule has 0 radical (unpaired) electrons. The van der Waals surface area contributed by atoms with E-state index >= 15 is 0 Å². The summed E-state index contributed by atoms with van der Waals surface area (Å²) in [5.41, 5.74) is 5.26. The van der Waals surface area contributed by atoms with Crippen LogP contribution in [-0.2, 0) is 9.53 Å². The Morgan fingerprint density at radius 3 is 2.62 bits per heavy atom. The number of H-pyrrole nitrogens is 1. The summed E-state index contributed by atoms with van der Waals surface area (Å²) in [6, 6.07) is 10.9. The van der Waals surface area contributed by atoms with Crippen LogP contribution >= 0.6 is 15.9 Å². The van der Waals surface area contributed by atoms with Crippen LogP contribution in [0.4, 0.5) is 5.69 Å². The number of carbonyl (C=O) groups is 2. The van der Waals surface area contributed by atoms with E-state index in [1.165, 1.54) is 0 Å². The highest BCUT2D eigenvalue weighted by Gasteiger charge is 2.13. The first-order valence-corrected chi connectivity index (χ1v) is 8.96. The van der Waals surface area contributed by atoms with Crippen molar-refractivity contribution in [2.75, 3.05) is 11.9 Å². The van der Waals surface area contributed by atoms with Crippen LogP contribution in [-0.4, -0.2) is 23.5 Å². The highest BCUT2D eigenvalue weighted by atomic mass is 79.9. The van der Waals surface area contributed by atoms with Crippen LogP contribution in [0.2, 0.25) is 0 Å². The zero-order valence-electron chi connectivity index (χ0n) is 14.8. The number of rotatable bonds is 4. The molecule has 2 N–H and O–H groups in total. The molecule has 26 heavy (non-hydrogen) atoms. The number of benzene rings is 2. The standard InChI is InChI=1S/C20H19BrN2O3/c1-11-4-6-18(16(21)8-11)23-19(24)10-26-20(25)14-5-7-17-15(9-14)12(2)13(3)22-17/h4-9,22H,10H2,1-3H3,(H,23,24). The van der Waals surface area contributed by atoms with Gasteiger partial charge in [0, 0.05) is 21.1 Å². The molecule has 0 unspecified atom stereocenters. The average Bonchev–Trinajstić information content (AvgIpc) is 2.89. The van der Waals surface area contributed by atoms with Gasteiger partial charge in [0.2, 0.25) is 0 Å². The number of carbonyl (C=O) groups excluding carboxylic acids is 2. The lowest BCUT2D eigenvalue weighted by atomic mass is 10.1. The van der Waals surface area contributed by atoms with Crippen molar-refractivity contribution in [3.05, 3.63) is 63.3 Å².